The van der Waals surface area contributed by atoms with Gasteiger partial charge in [0.1, 0.15) is 6.61 Å². The SMILES string of the molecule is CCCCOc1cc(=O)c2ccccc2n1OCCCC. The summed E-state index contributed by atoms with van der Waals surface area (Å²) in [5.74, 6) is 0.489. The fourth-order valence-electron chi connectivity index (χ4n) is 2.08. The Hall–Kier alpha value is -1.97. The average molecular weight is 289 g/mol. The summed E-state index contributed by atoms with van der Waals surface area (Å²) in [5, 5.41) is 0.650. The standard InChI is InChI=1S/C17H23NO3/c1-3-5-11-20-17-13-16(19)14-9-7-8-10-15(14)18(17)21-12-6-4-2/h7-10,13H,3-6,11-12H2,1-2H3. The first-order chi connectivity index (χ1) is 10.3. The van der Waals surface area contributed by atoms with Gasteiger partial charge in [0.2, 0.25) is 5.88 Å². The van der Waals surface area contributed by atoms with Gasteiger partial charge < -0.3 is 9.57 Å². The van der Waals surface area contributed by atoms with Crippen LogP contribution in [-0.2, 0) is 0 Å². The lowest BCUT2D eigenvalue weighted by atomic mass is 10.2. The number of aromatic nitrogens is 1. The van der Waals surface area contributed by atoms with Crippen LogP contribution >= 0.6 is 0 Å². The topological polar surface area (TPSA) is 40.5 Å². The van der Waals surface area contributed by atoms with Gasteiger partial charge in [-0.2, -0.15) is 0 Å². The normalized spacial score (nSPS) is 10.8. The van der Waals surface area contributed by atoms with Crippen LogP contribution < -0.4 is 15.0 Å². The van der Waals surface area contributed by atoms with E-state index in [-0.39, 0.29) is 5.43 Å². The quantitative estimate of drug-likeness (QED) is 0.699. The van der Waals surface area contributed by atoms with E-state index in [0.717, 1.165) is 31.2 Å². The molecule has 0 fully saturated rings. The van der Waals surface area contributed by atoms with Crippen LogP contribution in [0.5, 0.6) is 5.88 Å². The van der Waals surface area contributed by atoms with Crippen molar-refractivity contribution in [2.75, 3.05) is 13.2 Å². The first kappa shape index (κ1) is 15.4. The zero-order valence-corrected chi connectivity index (χ0v) is 12.8. The maximum atomic E-state index is 12.2. The molecule has 1 aromatic heterocycles. The molecule has 4 heteroatoms. The highest BCUT2D eigenvalue weighted by molar-refractivity contribution is 5.79. The molecule has 0 N–H and O–H groups in total. The molecule has 0 aliphatic rings. The van der Waals surface area contributed by atoms with Gasteiger partial charge in [-0.1, -0.05) is 38.8 Å². The molecule has 0 aliphatic carbocycles. The predicted octanol–water partition coefficient (Wildman–Crippen LogP) is 3.41. The second kappa shape index (κ2) is 7.72. The fraction of sp³-hybridized carbons (Fsp3) is 0.471. The van der Waals surface area contributed by atoms with Gasteiger partial charge in [0.25, 0.3) is 0 Å². The van der Waals surface area contributed by atoms with Crippen molar-refractivity contribution in [2.24, 2.45) is 0 Å². The number of unbranched alkanes of at least 4 members (excludes halogenated alkanes) is 2. The minimum absolute atomic E-state index is 0.0348. The average Bonchev–Trinajstić information content (AvgIpc) is 2.50. The molecule has 2 rings (SSSR count). The number of hydrogen-bond acceptors (Lipinski definition) is 3. The summed E-state index contributed by atoms with van der Waals surface area (Å²) in [6.45, 7) is 5.42. The number of rotatable bonds is 8. The van der Waals surface area contributed by atoms with Crippen molar-refractivity contribution in [3.8, 4) is 5.88 Å². The van der Waals surface area contributed by atoms with E-state index in [9.17, 15) is 4.79 Å². The van der Waals surface area contributed by atoms with E-state index in [1.54, 1.807) is 4.73 Å². The lowest BCUT2D eigenvalue weighted by Gasteiger charge is -2.17. The molecule has 0 radical (unpaired) electrons. The number of para-hydroxylation sites is 1. The maximum Gasteiger partial charge on any atom is 0.231 e. The number of pyridine rings is 1. The van der Waals surface area contributed by atoms with Crippen molar-refractivity contribution in [2.45, 2.75) is 39.5 Å². The number of hydrogen-bond donors (Lipinski definition) is 0. The molecule has 0 unspecified atom stereocenters. The van der Waals surface area contributed by atoms with E-state index >= 15 is 0 Å². The minimum Gasteiger partial charge on any atom is -0.477 e. The molecule has 2 aromatic rings. The zero-order valence-electron chi connectivity index (χ0n) is 12.8. The van der Waals surface area contributed by atoms with Gasteiger partial charge in [0.05, 0.1) is 12.1 Å². The molecule has 0 amide bonds. The second-order valence-corrected chi connectivity index (χ2v) is 5.05. The summed E-state index contributed by atoms with van der Waals surface area (Å²) < 4.78 is 7.39. The van der Waals surface area contributed by atoms with E-state index in [1.165, 1.54) is 6.07 Å². The number of fused-ring (bicyclic) bond motifs is 1. The fourth-order valence-corrected chi connectivity index (χ4v) is 2.08. The summed E-state index contributed by atoms with van der Waals surface area (Å²) in [5.41, 5.74) is 0.722. The highest BCUT2D eigenvalue weighted by Crippen LogP contribution is 2.17. The van der Waals surface area contributed by atoms with Gasteiger partial charge in [-0.15, -0.1) is 4.73 Å². The Morgan fingerprint density at radius 2 is 1.76 bits per heavy atom. The molecule has 0 saturated heterocycles. The zero-order chi connectivity index (χ0) is 15.1. The van der Waals surface area contributed by atoms with E-state index in [1.807, 2.05) is 24.3 Å². The monoisotopic (exact) mass is 289 g/mol. The predicted molar refractivity (Wildman–Crippen MR) is 85.0 cm³/mol. The van der Waals surface area contributed by atoms with Crippen LogP contribution in [-0.4, -0.2) is 17.9 Å². The van der Waals surface area contributed by atoms with E-state index in [2.05, 4.69) is 13.8 Å². The van der Waals surface area contributed by atoms with Gasteiger partial charge in [0, 0.05) is 11.5 Å². The molecule has 0 spiro atoms. The largest absolute Gasteiger partial charge is 0.477 e. The third-order valence-electron chi connectivity index (χ3n) is 3.31. The Balaban J connectivity index is 2.39. The molecule has 21 heavy (non-hydrogen) atoms. The second-order valence-electron chi connectivity index (χ2n) is 5.05. The molecule has 1 aromatic carbocycles. The van der Waals surface area contributed by atoms with Crippen molar-refractivity contribution in [3.05, 3.63) is 40.6 Å². The third kappa shape index (κ3) is 3.78. The first-order valence-electron chi connectivity index (χ1n) is 7.68. The molecule has 0 bridgehead atoms. The molecule has 1 heterocycles. The summed E-state index contributed by atoms with van der Waals surface area (Å²) >= 11 is 0. The lowest BCUT2D eigenvalue weighted by Crippen LogP contribution is -2.20. The lowest BCUT2D eigenvalue weighted by molar-refractivity contribution is 0.0893. The molecular weight excluding hydrogens is 266 g/mol. The summed E-state index contributed by atoms with van der Waals surface area (Å²) in [6.07, 6.45) is 4.03. The van der Waals surface area contributed by atoms with Crippen LogP contribution in [0.4, 0.5) is 0 Å². The highest BCUT2D eigenvalue weighted by Gasteiger charge is 2.10. The van der Waals surface area contributed by atoms with Gasteiger partial charge in [-0.3, -0.25) is 4.79 Å². The van der Waals surface area contributed by atoms with Gasteiger partial charge in [-0.05, 0) is 25.0 Å². The van der Waals surface area contributed by atoms with Crippen molar-refractivity contribution >= 4 is 10.9 Å². The van der Waals surface area contributed by atoms with E-state index < -0.39 is 0 Å². The Bertz CT molecular complexity index is 633. The molecular formula is C17H23NO3. The van der Waals surface area contributed by atoms with E-state index in [4.69, 9.17) is 9.57 Å². The van der Waals surface area contributed by atoms with Crippen molar-refractivity contribution in [1.29, 1.82) is 0 Å². The highest BCUT2D eigenvalue weighted by atomic mass is 16.7. The van der Waals surface area contributed by atoms with Crippen LogP contribution in [0.2, 0.25) is 0 Å². The van der Waals surface area contributed by atoms with Crippen LogP contribution in [0.25, 0.3) is 10.9 Å². The minimum atomic E-state index is -0.0348. The van der Waals surface area contributed by atoms with Crippen molar-refractivity contribution in [3.63, 3.8) is 0 Å². The van der Waals surface area contributed by atoms with Gasteiger partial charge in [-0.25, -0.2) is 0 Å². The number of ether oxygens (including phenoxy) is 1. The summed E-state index contributed by atoms with van der Waals surface area (Å²) in [6, 6.07) is 8.97. The molecule has 4 nitrogen and oxygen atoms in total. The number of benzene rings is 1. The summed E-state index contributed by atoms with van der Waals surface area (Å²) in [4.78, 5) is 18.0. The third-order valence-corrected chi connectivity index (χ3v) is 3.31. The molecule has 0 atom stereocenters. The van der Waals surface area contributed by atoms with Crippen LogP contribution in [0.15, 0.2) is 35.1 Å². The smallest absolute Gasteiger partial charge is 0.231 e. The van der Waals surface area contributed by atoms with Crippen LogP contribution in [0, 0.1) is 0 Å². The van der Waals surface area contributed by atoms with Crippen LogP contribution in [0.1, 0.15) is 39.5 Å². The number of nitrogens with zero attached hydrogens (tertiary/aromatic N) is 1. The van der Waals surface area contributed by atoms with E-state index in [0.29, 0.717) is 24.5 Å². The van der Waals surface area contributed by atoms with Gasteiger partial charge >= 0.3 is 0 Å². The van der Waals surface area contributed by atoms with Crippen LogP contribution in [0.3, 0.4) is 0 Å². The Morgan fingerprint density at radius 1 is 1.05 bits per heavy atom. The van der Waals surface area contributed by atoms with Crippen molar-refractivity contribution < 1.29 is 9.57 Å². The molecule has 0 aliphatic heterocycles. The Labute approximate surface area is 125 Å². The Morgan fingerprint density at radius 3 is 2.52 bits per heavy atom. The molecule has 114 valence electrons. The Kier molecular flexibility index (Phi) is 5.67. The van der Waals surface area contributed by atoms with Crippen molar-refractivity contribution in [1.82, 2.24) is 4.73 Å². The maximum absolute atomic E-state index is 12.2. The van der Waals surface area contributed by atoms with Gasteiger partial charge in [0.15, 0.2) is 5.43 Å². The summed E-state index contributed by atoms with van der Waals surface area (Å²) in [7, 11) is 0. The molecule has 0 saturated carbocycles. The first-order valence-corrected chi connectivity index (χ1v) is 7.68.